The topological polar surface area (TPSA) is 85.5 Å². The molecule has 0 fully saturated rings. The summed E-state index contributed by atoms with van der Waals surface area (Å²) in [7, 11) is 0. The molecule has 1 heterocycles. The van der Waals surface area contributed by atoms with Gasteiger partial charge in [-0.3, -0.25) is 0 Å². The number of nitrogens with zero attached hydrogens (tertiary/aromatic N) is 2. The number of rotatable bonds is 5. The smallest absolute Gasteiger partial charge is 0.335 e. The quantitative estimate of drug-likeness (QED) is 0.890. The Kier molecular flexibility index (Phi) is 3.91. The molecule has 0 atom stereocenters. The predicted molar refractivity (Wildman–Crippen MR) is 66.6 cm³/mol. The van der Waals surface area contributed by atoms with Gasteiger partial charge in [-0.05, 0) is 26.0 Å². The molecule has 0 spiro atoms. The first-order valence-electron chi connectivity index (χ1n) is 5.84. The van der Waals surface area contributed by atoms with Crippen LogP contribution in [0.5, 0.6) is 0 Å². The fourth-order valence-electron chi connectivity index (χ4n) is 1.46. The summed E-state index contributed by atoms with van der Waals surface area (Å²) in [5.41, 5.74) is 0.779. The highest BCUT2D eigenvalue weighted by atomic mass is 16.5. The standard InChI is InChI=1S/C13H14N2O4/c1-8(2)18-7-11-14-12(15-19-11)9-4-3-5-10(6-9)13(16)17/h3-6,8H,7H2,1-2H3,(H,16,17). The Balaban J connectivity index is 2.18. The molecule has 0 aliphatic rings. The maximum Gasteiger partial charge on any atom is 0.335 e. The van der Waals surface area contributed by atoms with Crippen LogP contribution >= 0.6 is 0 Å². The van der Waals surface area contributed by atoms with Crippen molar-refractivity contribution in [2.75, 3.05) is 0 Å². The van der Waals surface area contributed by atoms with E-state index in [-0.39, 0.29) is 18.3 Å². The first-order chi connectivity index (χ1) is 9.06. The van der Waals surface area contributed by atoms with Crippen LogP contribution in [0, 0.1) is 0 Å². The predicted octanol–water partition coefficient (Wildman–Crippen LogP) is 2.36. The number of hydrogen-bond acceptors (Lipinski definition) is 5. The van der Waals surface area contributed by atoms with Crippen LogP contribution < -0.4 is 0 Å². The molecule has 6 nitrogen and oxygen atoms in total. The van der Waals surface area contributed by atoms with Crippen LogP contribution in [-0.2, 0) is 11.3 Å². The molecule has 0 saturated carbocycles. The summed E-state index contributed by atoms with van der Waals surface area (Å²) < 4.78 is 10.4. The molecule has 6 heteroatoms. The van der Waals surface area contributed by atoms with E-state index < -0.39 is 5.97 Å². The normalized spacial score (nSPS) is 10.9. The summed E-state index contributed by atoms with van der Waals surface area (Å²) in [6.07, 6.45) is 0.0747. The van der Waals surface area contributed by atoms with Gasteiger partial charge in [-0.15, -0.1) is 0 Å². The molecule has 0 radical (unpaired) electrons. The van der Waals surface area contributed by atoms with E-state index >= 15 is 0 Å². The highest BCUT2D eigenvalue weighted by Crippen LogP contribution is 2.17. The fourth-order valence-corrected chi connectivity index (χ4v) is 1.46. The second-order valence-corrected chi connectivity index (χ2v) is 4.26. The van der Waals surface area contributed by atoms with E-state index in [2.05, 4.69) is 10.1 Å². The third-order valence-corrected chi connectivity index (χ3v) is 2.38. The minimum absolute atomic E-state index is 0.0747. The summed E-state index contributed by atoms with van der Waals surface area (Å²) in [6, 6.07) is 6.37. The van der Waals surface area contributed by atoms with E-state index in [9.17, 15) is 4.79 Å². The monoisotopic (exact) mass is 262 g/mol. The Morgan fingerprint density at radius 1 is 1.47 bits per heavy atom. The molecule has 2 rings (SSSR count). The van der Waals surface area contributed by atoms with Gasteiger partial charge >= 0.3 is 5.97 Å². The van der Waals surface area contributed by atoms with E-state index in [1.807, 2.05) is 13.8 Å². The van der Waals surface area contributed by atoms with Crippen molar-refractivity contribution in [3.63, 3.8) is 0 Å². The SMILES string of the molecule is CC(C)OCc1nc(-c2cccc(C(=O)O)c2)no1. The summed E-state index contributed by atoms with van der Waals surface area (Å²) in [5.74, 6) is -0.274. The molecular formula is C13H14N2O4. The number of ether oxygens (including phenoxy) is 1. The van der Waals surface area contributed by atoms with Gasteiger partial charge < -0.3 is 14.4 Å². The molecule has 1 aromatic carbocycles. The molecule has 0 saturated heterocycles. The zero-order chi connectivity index (χ0) is 13.8. The first kappa shape index (κ1) is 13.2. The summed E-state index contributed by atoms with van der Waals surface area (Å²) in [4.78, 5) is 15.0. The van der Waals surface area contributed by atoms with Gasteiger partial charge in [-0.25, -0.2) is 4.79 Å². The maximum absolute atomic E-state index is 10.9. The van der Waals surface area contributed by atoms with Gasteiger partial charge in [0.05, 0.1) is 11.7 Å². The van der Waals surface area contributed by atoms with Crippen LogP contribution in [0.2, 0.25) is 0 Å². The highest BCUT2D eigenvalue weighted by molar-refractivity contribution is 5.89. The van der Waals surface area contributed by atoms with Gasteiger partial charge in [0.2, 0.25) is 5.82 Å². The van der Waals surface area contributed by atoms with Crippen molar-refractivity contribution in [3.05, 3.63) is 35.7 Å². The molecule has 0 aliphatic heterocycles. The fraction of sp³-hybridized carbons (Fsp3) is 0.308. The third-order valence-electron chi connectivity index (χ3n) is 2.38. The minimum Gasteiger partial charge on any atom is -0.478 e. The summed E-state index contributed by atoms with van der Waals surface area (Å²) in [6.45, 7) is 4.06. The van der Waals surface area contributed by atoms with Crippen molar-refractivity contribution in [2.45, 2.75) is 26.6 Å². The van der Waals surface area contributed by atoms with Crippen LogP contribution in [0.1, 0.15) is 30.1 Å². The number of carboxylic acids is 1. The lowest BCUT2D eigenvalue weighted by atomic mass is 10.1. The minimum atomic E-state index is -0.992. The molecule has 0 aliphatic carbocycles. The van der Waals surface area contributed by atoms with Gasteiger partial charge in [0.1, 0.15) is 6.61 Å². The van der Waals surface area contributed by atoms with E-state index in [0.717, 1.165) is 0 Å². The van der Waals surface area contributed by atoms with E-state index in [1.54, 1.807) is 12.1 Å². The number of carboxylic acid groups (broad SMARTS) is 1. The first-order valence-corrected chi connectivity index (χ1v) is 5.84. The second kappa shape index (κ2) is 5.62. The molecule has 1 aromatic heterocycles. The number of carbonyl (C=O) groups is 1. The molecule has 0 unspecified atom stereocenters. The van der Waals surface area contributed by atoms with Crippen LogP contribution in [0.4, 0.5) is 0 Å². The Labute approximate surface area is 110 Å². The third kappa shape index (κ3) is 3.38. The average Bonchev–Trinajstić information content (AvgIpc) is 2.85. The Hall–Kier alpha value is -2.21. The van der Waals surface area contributed by atoms with Crippen LogP contribution in [0.3, 0.4) is 0 Å². The van der Waals surface area contributed by atoms with E-state index in [4.69, 9.17) is 14.4 Å². The van der Waals surface area contributed by atoms with Crippen LogP contribution in [-0.4, -0.2) is 27.3 Å². The lowest BCUT2D eigenvalue weighted by Crippen LogP contribution is -2.02. The molecule has 0 amide bonds. The van der Waals surface area contributed by atoms with Crippen molar-refractivity contribution in [1.82, 2.24) is 10.1 Å². The van der Waals surface area contributed by atoms with Gasteiger partial charge in [-0.2, -0.15) is 4.98 Å². The zero-order valence-electron chi connectivity index (χ0n) is 10.7. The Morgan fingerprint density at radius 3 is 2.95 bits per heavy atom. The molecule has 100 valence electrons. The molecule has 19 heavy (non-hydrogen) atoms. The maximum atomic E-state index is 10.9. The average molecular weight is 262 g/mol. The number of aromatic carboxylic acids is 1. The summed E-state index contributed by atoms with van der Waals surface area (Å²) >= 11 is 0. The number of hydrogen-bond donors (Lipinski definition) is 1. The Morgan fingerprint density at radius 2 is 2.26 bits per heavy atom. The lowest BCUT2D eigenvalue weighted by Gasteiger charge is -2.02. The molecular weight excluding hydrogens is 248 g/mol. The van der Waals surface area contributed by atoms with Gasteiger partial charge in [-0.1, -0.05) is 17.3 Å². The van der Waals surface area contributed by atoms with Crippen molar-refractivity contribution >= 4 is 5.97 Å². The molecule has 2 aromatic rings. The number of aromatic nitrogens is 2. The van der Waals surface area contributed by atoms with Crippen LogP contribution in [0.25, 0.3) is 11.4 Å². The van der Waals surface area contributed by atoms with Gasteiger partial charge in [0.15, 0.2) is 0 Å². The van der Waals surface area contributed by atoms with Crippen molar-refractivity contribution in [3.8, 4) is 11.4 Å². The van der Waals surface area contributed by atoms with Crippen molar-refractivity contribution in [1.29, 1.82) is 0 Å². The Bertz CT molecular complexity index is 578. The van der Waals surface area contributed by atoms with Gasteiger partial charge in [0, 0.05) is 5.56 Å². The van der Waals surface area contributed by atoms with Crippen molar-refractivity contribution in [2.24, 2.45) is 0 Å². The largest absolute Gasteiger partial charge is 0.478 e. The second-order valence-electron chi connectivity index (χ2n) is 4.26. The highest BCUT2D eigenvalue weighted by Gasteiger charge is 2.11. The van der Waals surface area contributed by atoms with Gasteiger partial charge in [0.25, 0.3) is 5.89 Å². The van der Waals surface area contributed by atoms with E-state index in [1.165, 1.54) is 12.1 Å². The zero-order valence-corrected chi connectivity index (χ0v) is 10.7. The van der Waals surface area contributed by atoms with Crippen LogP contribution in [0.15, 0.2) is 28.8 Å². The number of benzene rings is 1. The van der Waals surface area contributed by atoms with Crippen molar-refractivity contribution < 1.29 is 19.2 Å². The van der Waals surface area contributed by atoms with E-state index in [0.29, 0.717) is 17.3 Å². The lowest BCUT2D eigenvalue weighted by molar-refractivity contribution is 0.0485. The molecule has 0 bridgehead atoms. The summed E-state index contributed by atoms with van der Waals surface area (Å²) in [5, 5.41) is 12.7. The molecule has 1 N–H and O–H groups in total.